The van der Waals surface area contributed by atoms with Crippen molar-refractivity contribution in [3.63, 3.8) is 0 Å². The van der Waals surface area contributed by atoms with Crippen LogP contribution in [0.2, 0.25) is 0 Å². The molecular weight excluding hydrogens is 649 g/mol. The van der Waals surface area contributed by atoms with Crippen molar-refractivity contribution in [2.24, 2.45) is 0 Å². The number of esters is 1. The van der Waals surface area contributed by atoms with E-state index in [1.54, 1.807) is 0 Å². The molecule has 0 aromatic carbocycles. The van der Waals surface area contributed by atoms with Gasteiger partial charge in [0.05, 0.1) is 34.4 Å². The van der Waals surface area contributed by atoms with Gasteiger partial charge in [0, 0.05) is 13.0 Å². The second kappa shape index (κ2) is 35.3. The van der Waals surface area contributed by atoms with Gasteiger partial charge in [0.1, 0.15) is 19.3 Å². The zero-order chi connectivity index (χ0) is 37.0. The molecule has 0 rings (SSSR count). The molecule has 0 heterocycles. The molecular formula is C41H82NO7P. The van der Waals surface area contributed by atoms with Crippen molar-refractivity contribution < 1.29 is 37.3 Å². The maximum Gasteiger partial charge on any atom is 0.306 e. The third-order valence-electron chi connectivity index (χ3n) is 9.07. The molecule has 0 bridgehead atoms. The first-order valence-corrected chi connectivity index (χ1v) is 22.4. The summed E-state index contributed by atoms with van der Waals surface area (Å²) in [5.74, 6) is -0.334. The fourth-order valence-corrected chi connectivity index (χ4v) is 6.50. The van der Waals surface area contributed by atoms with Crippen LogP contribution in [0.5, 0.6) is 0 Å². The molecule has 8 nitrogen and oxygen atoms in total. The third kappa shape index (κ3) is 38.5. The molecule has 9 heteroatoms. The number of allylic oxidation sites excluding steroid dienone is 2. The Balaban J connectivity index is 4.24. The Morgan fingerprint density at radius 2 is 1.04 bits per heavy atom. The predicted octanol–water partition coefficient (Wildman–Crippen LogP) is 11.3. The SMILES string of the molecule is CCCCC/C=C\CCCCCCCCOCC(COP(=O)([O-])OCC[N+](C)(C)C)OC(=O)CCCCCCCCCCCCCCCCC. The first-order valence-electron chi connectivity index (χ1n) is 20.9. The number of likely N-dealkylation sites (N-methyl/N-ethyl adjacent to an activating group) is 1. The van der Waals surface area contributed by atoms with Crippen molar-refractivity contribution in [3.8, 4) is 0 Å². The van der Waals surface area contributed by atoms with Gasteiger partial charge >= 0.3 is 5.97 Å². The minimum absolute atomic E-state index is 0.0279. The molecule has 298 valence electrons. The topological polar surface area (TPSA) is 94.1 Å². The number of nitrogens with zero attached hydrogens (tertiary/aromatic N) is 1. The average Bonchev–Trinajstić information content (AvgIpc) is 3.06. The van der Waals surface area contributed by atoms with Crippen LogP contribution in [0.15, 0.2) is 12.2 Å². The number of phosphoric acid groups is 1. The lowest BCUT2D eigenvalue weighted by Gasteiger charge is -2.28. The van der Waals surface area contributed by atoms with E-state index in [1.165, 1.54) is 135 Å². The number of carbonyl (C=O) groups excluding carboxylic acids is 1. The first-order chi connectivity index (χ1) is 24.1. The lowest BCUT2D eigenvalue weighted by atomic mass is 10.0. The highest BCUT2D eigenvalue weighted by Gasteiger charge is 2.20. The molecule has 2 atom stereocenters. The summed E-state index contributed by atoms with van der Waals surface area (Å²) in [7, 11) is 1.36. The molecule has 0 spiro atoms. The van der Waals surface area contributed by atoms with Gasteiger partial charge < -0.3 is 27.9 Å². The number of unbranched alkanes of at least 4 members (excludes halogenated alkanes) is 23. The molecule has 0 saturated heterocycles. The largest absolute Gasteiger partial charge is 0.756 e. The van der Waals surface area contributed by atoms with E-state index in [9.17, 15) is 14.3 Å². The fourth-order valence-electron chi connectivity index (χ4n) is 5.78. The highest BCUT2D eigenvalue weighted by Crippen LogP contribution is 2.38. The maximum absolute atomic E-state index is 12.6. The highest BCUT2D eigenvalue weighted by molar-refractivity contribution is 7.45. The Kier molecular flexibility index (Phi) is 34.7. The summed E-state index contributed by atoms with van der Waals surface area (Å²) in [4.78, 5) is 25.0. The lowest BCUT2D eigenvalue weighted by molar-refractivity contribution is -0.870. The van der Waals surface area contributed by atoms with E-state index in [2.05, 4.69) is 26.0 Å². The molecule has 0 amide bonds. The van der Waals surface area contributed by atoms with E-state index >= 15 is 0 Å². The highest BCUT2D eigenvalue weighted by atomic mass is 31.2. The summed E-state index contributed by atoms with van der Waals surface area (Å²) >= 11 is 0. The van der Waals surface area contributed by atoms with Crippen LogP contribution in [-0.4, -0.2) is 70.7 Å². The zero-order valence-corrected chi connectivity index (χ0v) is 34.5. The van der Waals surface area contributed by atoms with Gasteiger partial charge in [-0.1, -0.05) is 154 Å². The molecule has 0 fully saturated rings. The number of ether oxygens (including phenoxy) is 2. The fraction of sp³-hybridized carbons (Fsp3) is 0.927. The quantitative estimate of drug-likeness (QED) is 0.0204. The minimum Gasteiger partial charge on any atom is -0.756 e. The number of phosphoric ester groups is 1. The van der Waals surface area contributed by atoms with E-state index in [0.717, 1.165) is 32.1 Å². The van der Waals surface area contributed by atoms with E-state index in [1.807, 2.05) is 21.1 Å². The molecule has 0 aromatic rings. The molecule has 0 aromatic heterocycles. The molecule has 0 radical (unpaired) electrons. The van der Waals surface area contributed by atoms with Crippen LogP contribution in [0.4, 0.5) is 0 Å². The maximum atomic E-state index is 12.6. The number of hydrogen-bond donors (Lipinski definition) is 0. The summed E-state index contributed by atoms with van der Waals surface area (Å²) in [5, 5.41) is 0. The summed E-state index contributed by atoms with van der Waals surface area (Å²) in [6.45, 7) is 5.40. The van der Waals surface area contributed by atoms with E-state index < -0.39 is 13.9 Å². The van der Waals surface area contributed by atoms with Crippen LogP contribution in [-0.2, 0) is 27.9 Å². The van der Waals surface area contributed by atoms with Crippen LogP contribution in [0.1, 0.15) is 187 Å². The molecule has 0 aliphatic rings. The van der Waals surface area contributed by atoms with Crippen molar-refractivity contribution in [2.45, 2.75) is 193 Å². The number of carbonyl (C=O) groups is 1. The van der Waals surface area contributed by atoms with E-state index in [0.29, 0.717) is 24.1 Å². The molecule has 0 saturated carbocycles. The van der Waals surface area contributed by atoms with Gasteiger partial charge in [0.15, 0.2) is 0 Å². The van der Waals surface area contributed by atoms with Gasteiger partial charge in [0.2, 0.25) is 0 Å². The van der Waals surface area contributed by atoms with Crippen molar-refractivity contribution in [3.05, 3.63) is 12.2 Å². The monoisotopic (exact) mass is 732 g/mol. The van der Waals surface area contributed by atoms with Crippen LogP contribution < -0.4 is 4.89 Å². The molecule has 0 aliphatic heterocycles. The van der Waals surface area contributed by atoms with Gasteiger partial charge in [0.25, 0.3) is 7.82 Å². The van der Waals surface area contributed by atoms with Crippen molar-refractivity contribution >= 4 is 13.8 Å². The molecule has 50 heavy (non-hydrogen) atoms. The smallest absolute Gasteiger partial charge is 0.306 e. The van der Waals surface area contributed by atoms with Gasteiger partial charge in [-0.3, -0.25) is 9.36 Å². The van der Waals surface area contributed by atoms with Crippen molar-refractivity contribution in [1.82, 2.24) is 0 Å². The van der Waals surface area contributed by atoms with Gasteiger partial charge in [-0.05, 0) is 38.5 Å². The summed E-state index contributed by atoms with van der Waals surface area (Å²) in [6, 6.07) is 0. The number of quaternary nitrogens is 1. The zero-order valence-electron chi connectivity index (χ0n) is 33.6. The number of hydrogen-bond acceptors (Lipinski definition) is 7. The summed E-state index contributed by atoms with van der Waals surface area (Å²) in [6.07, 6.45) is 36.4. The summed E-state index contributed by atoms with van der Waals surface area (Å²) in [5.41, 5.74) is 0. The third-order valence-corrected chi connectivity index (χ3v) is 10.0. The van der Waals surface area contributed by atoms with Gasteiger partial charge in [-0.2, -0.15) is 0 Å². The normalized spacial score (nSPS) is 14.0. The number of rotatable bonds is 39. The summed E-state index contributed by atoms with van der Waals surface area (Å²) < 4.78 is 34.5. The van der Waals surface area contributed by atoms with Gasteiger partial charge in [-0.15, -0.1) is 0 Å². The van der Waals surface area contributed by atoms with E-state index in [4.69, 9.17) is 18.5 Å². The Morgan fingerprint density at radius 1 is 0.600 bits per heavy atom. The lowest BCUT2D eigenvalue weighted by Crippen LogP contribution is -2.37. The Bertz CT molecular complexity index is 817. The van der Waals surface area contributed by atoms with Crippen LogP contribution in [0.25, 0.3) is 0 Å². The predicted molar refractivity (Wildman–Crippen MR) is 208 cm³/mol. The Labute approximate surface area is 310 Å². The van der Waals surface area contributed by atoms with Crippen LogP contribution >= 0.6 is 7.82 Å². The standard InChI is InChI=1S/C41H82NO7P/c1-6-8-10-12-14-16-18-20-21-22-24-26-28-30-32-34-41(43)49-40(39-48-50(44,45)47-37-35-42(3,4)5)38-46-36-33-31-29-27-25-23-19-17-15-13-11-9-7-2/h15,17,40H,6-14,16,18-39H2,1-5H3/b17-15-. The second-order valence-electron chi connectivity index (χ2n) is 15.4. The minimum atomic E-state index is -4.52. The molecule has 2 unspecified atom stereocenters. The molecule has 0 aliphatic carbocycles. The second-order valence-corrected chi connectivity index (χ2v) is 16.8. The van der Waals surface area contributed by atoms with Crippen molar-refractivity contribution in [1.29, 1.82) is 0 Å². The molecule has 0 N–H and O–H groups in total. The Morgan fingerprint density at radius 3 is 1.56 bits per heavy atom. The van der Waals surface area contributed by atoms with Crippen molar-refractivity contribution in [2.75, 3.05) is 54.1 Å². The average molecular weight is 732 g/mol. The Hall–Kier alpha value is -0.760. The van der Waals surface area contributed by atoms with E-state index in [-0.39, 0.29) is 25.8 Å². The van der Waals surface area contributed by atoms with Gasteiger partial charge in [-0.25, -0.2) is 0 Å². The first kappa shape index (κ1) is 49.2. The van der Waals surface area contributed by atoms with Crippen LogP contribution in [0, 0.1) is 0 Å². The van der Waals surface area contributed by atoms with Crippen LogP contribution in [0.3, 0.4) is 0 Å².